The Morgan fingerprint density at radius 2 is 1.31 bits per heavy atom. The van der Waals surface area contributed by atoms with Crippen LogP contribution in [0.25, 0.3) is 33.6 Å². The Morgan fingerprint density at radius 1 is 0.656 bits per heavy atom. The Kier molecular flexibility index (Phi) is 8.51. The predicted molar refractivity (Wildman–Crippen MR) is 126 cm³/mol. The Labute approximate surface area is 203 Å². The number of hydrogen-bond donors (Lipinski definition) is 0. The van der Waals surface area contributed by atoms with Gasteiger partial charge in [-0.15, -0.1) is 66.2 Å². The van der Waals surface area contributed by atoms with E-state index < -0.39 is 0 Å². The van der Waals surface area contributed by atoms with Gasteiger partial charge in [-0.05, 0) is 35.0 Å². The van der Waals surface area contributed by atoms with E-state index in [9.17, 15) is 0 Å². The molecule has 0 amide bonds. The number of aromatic nitrogens is 2. The van der Waals surface area contributed by atoms with Crippen molar-refractivity contribution in [2.24, 2.45) is 0 Å². The average molecular weight is 591 g/mol. The zero-order valence-electron chi connectivity index (χ0n) is 17.5. The molecule has 0 aliphatic heterocycles. The SMILES string of the molecule is [CH2-][n+]1ccc(-c2ccccc2)cc1-c1[c-]cccc1.[Ir+3].[c-]1ccccc1-c1ccccn1. The van der Waals surface area contributed by atoms with Crippen LogP contribution < -0.4 is 4.57 Å². The van der Waals surface area contributed by atoms with Gasteiger partial charge in [-0.2, -0.15) is 0 Å². The summed E-state index contributed by atoms with van der Waals surface area (Å²) in [5.74, 6) is 0. The maximum absolute atomic E-state index is 4.22. The molecule has 3 aromatic carbocycles. The van der Waals surface area contributed by atoms with Gasteiger partial charge in [0.05, 0.1) is 6.20 Å². The molecule has 0 saturated carbocycles. The van der Waals surface area contributed by atoms with Gasteiger partial charge in [-0.1, -0.05) is 48.0 Å². The number of nitrogens with zero attached hydrogens (tertiary/aromatic N) is 2. The molecule has 0 unspecified atom stereocenters. The summed E-state index contributed by atoms with van der Waals surface area (Å²) in [7, 11) is 4.03. The van der Waals surface area contributed by atoms with E-state index in [2.05, 4.69) is 60.6 Å². The summed E-state index contributed by atoms with van der Waals surface area (Å²) in [5.41, 5.74) is 6.52. The van der Waals surface area contributed by atoms with E-state index in [4.69, 9.17) is 0 Å². The van der Waals surface area contributed by atoms with Crippen molar-refractivity contribution in [3.05, 3.63) is 141 Å². The van der Waals surface area contributed by atoms with E-state index >= 15 is 0 Å². The molecular formula is C29H22IrN2+. The van der Waals surface area contributed by atoms with Crippen molar-refractivity contribution in [2.75, 3.05) is 0 Å². The topological polar surface area (TPSA) is 16.8 Å². The maximum Gasteiger partial charge on any atom is 3.00 e. The van der Waals surface area contributed by atoms with Gasteiger partial charge in [0.15, 0.2) is 0 Å². The molecule has 5 rings (SSSR count). The minimum Gasteiger partial charge on any atom is -0.321 e. The van der Waals surface area contributed by atoms with Crippen molar-refractivity contribution in [3.8, 4) is 33.6 Å². The normalized spacial score (nSPS) is 9.75. The summed E-state index contributed by atoms with van der Waals surface area (Å²) in [6.07, 6.45) is 3.77. The molecule has 0 spiro atoms. The standard InChI is InChI=1S/C18H14N.C11H8N.Ir/c1-19-13-12-17(15-8-4-2-5-9-15)14-18(19)16-10-6-3-7-11-16;1-2-6-10(7-3-1)11-8-4-5-9-12-11;/h2-10,12-14H,1H2;1-6,8-9H;/q2*-1;+3. The monoisotopic (exact) mass is 591 g/mol. The maximum atomic E-state index is 4.22. The molecule has 0 atom stereocenters. The molecule has 0 saturated heterocycles. The Balaban J connectivity index is 0.000000193. The summed E-state index contributed by atoms with van der Waals surface area (Å²) in [4.78, 5) is 4.22. The van der Waals surface area contributed by atoms with Crippen LogP contribution in [0.2, 0.25) is 0 Å². The van der Waals surface area contributed by atoms with Crippen molar-refractivity contribution in [3.63, 3.8) is 0 Å². The first-order chi connectivity index (χ1) is 15.3. The van der Waals surface area contributed by atoms with Crippen LogP contribution in [-0.4, -0.2) is 4.98 Å². The third-order valence-corrected chi connectivity index (χ3v) is 4.78. The molecule has 2 aromatic heterocycles. The molecular weight excluding hydrogens is 569 g/mol. The van der Waals surface area contributed by atoms with E-state index in [1.165, 1.54) is 11.1 Å². The molecule has 2 nitrogen and oxygen atoms in total. The zero-order chi connectivity index (χ0) is 21.3. The fourth-order valence-corrected chi connectivity index (χ4v) is 3.20. The van der Waals surface area contributed by atoms with Crippen molar-refractivity contribution in [1.29, 1.82) is 0 Å². The quantitative estimate of drug-likeness (QED) is 0.178. The van der Waals surface area contributed by atoms with Crippen LogP contribution in [0.5, 0.6) is 0 Å². The summed E-state index contributed by atoms with van der Waals surface area (Å²) in [6, 6.07) is 42.6. The second-order valence-corrected chi connectivity index (χ2v) is 6.90. The van der Waals surface area contributed by atoms with Gasteiger partial charge in [0.1, 0.15) is 5.69 Å². The zero-order valence-corrected chi connectivity index (χ0v) is 19.9. The summed E-state index contributed by atoms with van der Waals surface area (Å²) < 4.78 is 1.87. The van der Waals surface area contributed by atoms with Gasteiger partial charge in [-0.3, -0.25) is 0 Å². The predicted octanol–water partition coefficient (Wildman–Crippen LogP) is 6.29. The molecule has 0 radical (unpaired) electrons. The minimum absolute atomic E-state index is 0. The Bertz CT molecular complexity index is 1170. The van der Waals surface area contributed by atoms with E-state index in [0.717, 1.165) is 22.5 Å². The van der Waals surface area contributed by atoms with Crippen LogP contribution >= 0.6 is 0 Å². The Morgan fingerprint density at radius 3 is 1.94 bits per heavy atom. The van der Waals surface area contributed by atoms with Gasteiger partial charge in [-0.25, -0.2) is 0 Å². The van der Waals surface area contributed by atoms with E-state index in [1.54, 1.807) is 6.20 Å². The number of benzene rings is 3. The van der Waals surface area contributed by atoms with Crippen LogP contribution in [0.1, 0.15) is 0 Å². The number of hydrogen-bond acceptors (Lipinski definition) is 1. The summed E-state index contributed by atoms with van der Waals surface area (Å²) in [6.45, 7) is 0. The van der Waals surface area contributed by atoms with Gasteiger partial charge in [0.25, 0.3) is 0 Å². The van der Waals surface area contributed by atoms with Crippen LogP contribution in [0.4, 0.5) is 0 Å². The molecule has 0 fully saturated rings. The molecule has 0 aliphatic carbocycles. The molecule has 5 aromatic rings. The average Bonchev–Trinajstić information content (AvgIpc) is 2.87. The molecule has 2 heterocycles. The van der Waals surface area contributed by atoms with Crippen LogP contribution in [0.15, 0.2) is 122 Å². The first-order valence-electron chi connectivity index (χ1n) is 10.1. The van der Waals surface area contributed by atoms with Crippen molar-refractivity contribution in [1.82, 2.24) is 4.98 Å². The van der Waals surface area contributed by atoms with Gasteiger partial charge < -0.3 is 9.55 Å². The molecule has 156 valence electrons. The smallest absolute Gasteiger partial charge is 0.321 e. The summed E-state index contributed by atoms with van der Waals surface area (Å²) in [5, 5.41) is 0. The van der Waals surface area contributed by atoms with Gasteiger partial charge >= 0.3 is 20.1 Å². The molecule has 3 heteroatoms. The third kappa shape index (κ3) is 6.01. The fourth-order valence-electron chi connectivity index (χ4n) is 3.20. The van der Waals surface area contributed by atoms with Gasteiger partial charge in [0.2, 0.25) is 0 Å². The van der Waals surface area contributed by atoms with Crippen LogP contribution in [-0.2, 0) is 20.1 Å². The van der Waals surface area contributed by atoms with Crippen molar-refractivity contribution >= 4 is 0 Å². The fraction of sp³-hybridized carbons (Fsp3) is 0. The third-order valence-electron chi connectivity index (χ3n) is 4.78. The molecule has 0 aliphatic rings. The van der Waals surface area contributed by atoms with E-state index in [-0.39, 0.29) is 20.1 Å². The van der Waals surface area contributed by atoms with Crippen molar-refractivity contribution in [2.45, 2.75) is 0 Å². The Hall–Kier alpha value is -3.52. The van der Waals surface area contributed by atoms with E-state index in [0.29, 0.717) is 0 Å². The van der Waals surface area contributed by atoms with E-state index in [1.807, 2.05) is 83.6 Å². The van der Waals surface area contributed by atoms with Crippen LogP contribution in [0, 0.1) is 19.2 Å². The second-order valence-electron chi connectivity index (χ2n) is 6.90. The van der Waals surface area contributed by atoms with Gasteiger partial charge in [0, 0.05) is 13.2 Å². The summed E-state index contributed by atoms with van der Waals surface area (Å²) >= 11 is 0. The first kappa shape index (κ1) is 23.1. The molecule has 0 bridgehead atoms. The first-order valence-corrected chi connectivity index (χ1v) is 10.1. The van der Waals surface area contributed by atoms with Crippen LogP contribution in [0.3, 0.4) is 0 Å². The largest absolute Gasteiger partial charge is 3.00 e. The minimum atomic E-state index is 0. The number of rotatable bonds is 3. The molecule has 0 N–H and O–H groups in total. The van der Waals surface area contributed by atoms with Crippen molar-refractivity contribution < 1.29 is 24.7 Å². The second kappa shape index (κ2) is 11.8. The molecule has 32 heavy (non-hydrogen) atoms. The number of pyridine rings is 2.